The highest BCUT2D eigenvalue weighted by Gasteiger charge is 2.36. The molecule has 0 aliphatic heterocycles. The maximum Gasteiger partial charge on any atom is 0.343 e. The van der Waals surface area contributed by atoms with Crippen molar-refractivity contribution < 1.29 is 37.9 Å². The van der Waals surface area contributed by atoms with E-state index in [2.05, 4.69) is 368 Å². The largest absolute Gasteiger partial charge is 0.396 e. The maximum absolute atomic E-state index is 12.5. The zero-order valence-electron chi connectivity index (χ0n) is 104. The van der Waals surface area contributed by atoms with Crippen LogP contribution < -0.4 is 5.09 Å². The molecule has 1 atom stereocenters. The van der Waals surface area contributed by atoms with Crippen LogP contribution in [0.15, 0.2) is 10.1 Å². The summed E-state index contributed by atoms with van der Waals surface area (Å²) in [6.45, 7) is 141. The summed E-state index contributed by atoms with van der Waals surface area (Å²) in [5.41, 5.74) is 1.15. The summed E-state index contributed by atoms with van der Waals surface area (Å²) in [6, 6.07) is 9.88. The fourth-order valence-corrected chi connectivity index (χ4v) is 23.7. The lowest BCUT2D eigenvalue weighted by atomic mass is 9.98. The zero-order chi connectivity index (χ0) is 111. The molecular weight excluding hydrogens is 1770 g/mol. The molecule has 0 spiro atoms. The monoisotopic (exact) mass is 2020 g/mol. The molecule has 27 heteroatoms. The van der Waals surface area contributed by atoms with Gasteiger partial charge in [0.15, 0.2) is 0 Å². The zero-order valence-corrected chi connectivity index (χ0v) is 107. The van der Waals surface area contributed by atoms with Crippen LogP contribution in [-0.2, 0) is 28.1 Å². The smallest absolute Gasteiger partial charge is 0.343 e. The van der Waals surface area contributed by atoms with Crippen molar-refractivity contribution in [2.24, 2.45) is 63.4 Å². The molecule has 3 N–H and O–H groups in total. The normalized spacial score (nSPS) is 13.3. The molecule has 0 heterocycles. The van der Waals surface area contributed by atoms with Crippen molar-refractivity contribution in [1.29, 1.82) is 0 Å². The third-order valence-corrected chi connectivity index (χ3v) is 31.8. The molecule has 0 radical (unpaired) electrons. The molecule has 0 aromatic heterocycles. The summed E-state index contributed by atoms with van der Waals surface area (Å²) >= 11 is 0. The molecule has 832 valence electrons. The Kier molecular flexibility index (Phi) is 87.3. The SMILES string of the molecule is CC(C)C(=O)N(C(C)C)N(C(=O)C(C)C)C(C)C.CC(C)CON=C(C(C)C)C(C)C.CC(C)CP(=O)(CC(C)C)NC(C)C.CC(C)CP(=O)(O)N(C)C(C)C.CC(C)N(C(C)C)N(C(C)C)C(C)C.CC(C)N(C)P(=O)(O)N(C)C(C)C.CC(C)N(CCN(C(C)C)C(C)C)C(C)C.CC(C)N(CCN(C(C)C)C(C)C)CCN(C(C)C)C(C)C.CC(C)N=C(C(C)C)N(C(C)C)C(C)C. The van der Waals surface area contributed by atoms with Gasteiger partial charge in [0, 0.05) is 208 Å². The molecule has 137 heavy (non-hydrogen) atoms. The second-order valence-electron chi connectivity index (χ2n) is 47.8. The van der Waals surface area contributed by atoms with Crippen molar-refractivity contribution in [3.05, 3.63) is 0 Å². The molecule has 0 saturated carbocycles. The Balaban J connectivity index is -0.000000193. The summed E-state index contributed by atoms with van der Waals surface area (Å²) in [4.78, 5) is 69.4. The van der Waals surface area contributed by atoms with Gasteiger partial charge in [-0.25, -0.2) is 34.0 Å². The van der Waals surface area contributed by atoms with Gasteiger partial charge in [-0.3, -0.25) is 53.3 Å². The molecule has 24 nitrogen and oxygen atoms in total. The minimum absolute atomic E-state index is 0.00676. The number of amides is 2. The Morgan fingerprint density at radius 3 is 0.715 bits per heavy atom. The summed E-state index contributed by atoms with van der Waals surface area (Å²) in [7, 11) is -3.48. The van der Waals surface area contributed by atoms with Gasteiger partial charge >= 0.3 is 7.67 Å². The first-order chi connectivity index (χ1) is 61.7. The van der Waals surface area contributed by atoms with Gasteiger partial charge in [-0.1, -0.05) is 130 Å². The first-order valence-corrected chi connectivity index (χ1v) is 59.9. The summed E-state index contributed by atoms with van der Waals surface area (Å²) < 4.78 is 40.7. The van der Waals surface area contributed by atoms with Crippen LogP contribution in [0.4, 0.5) is 0 Å². The minimum atomic E-state index is -3.32. The number of hydrazine groups is 2. The van der Waals surface area contributed by atoms with Gasteiger partial charge < -0.3 is 24.1 Å². The van der Waals surface area contributed by atoms with Gasteiger partial charge in [-0.05, 0) is 361 Å². The third-order valence-electron chi connectivity index (χ3n) is 23.0. The predicted octanol–water partition coefficient (Wildman–Crippen LogP) is 27.4. The fourth-order valence-electron chi connectivity index (χ4n) is 16.5. The second-order valence-corrected chi connectivity index (χ2v) is 55.1. The number of hydrogen-bond donors (Lipinski definition) is 3. The molecule has 0 bridgehead atoms. The fraction of sp³-hybridized carbons (Fsp3) is 0.964. The van der Waals surface area contributed by atoms with E-state index in [4.69, 9.17) is 9.83 Å². The summed E-state index contributed by atoms with van der Waals surface area (Å²) in [5.74, 6) is 4.28. The average Bonchev–Trinajstić information content (AvgIpc) is 0.825. The minimum Gasteiger partial charge on any atom is -0.396 e. The van der Waals surface area contributed by atoms with E-state index in [1.807, 2.05) is 111 Å². The van der Waals surface area contributed by atoms with Gasteiger partial charge in [0.05, 0.1) is 5.71 Å². The van der Waals surface area contributed by atoms with Crippen LogP contribution in [0.25, 0.3) is 0 Å². The van der Waals surface area contributed by atoms with E-state index in [9.17, 15) is 33.1 Å². The van der Waals surface area contributed by atoms with Crippen molar-refractivity contribution in [3.8, 4) is 0 Å². The number of oxime groups is 1. The average molecular weight is 2020 g/mol. The number of carbonyl (C=O) groups excluding carboxylic acids is 2. The highest BCUT2D eigenvalue weighted by atomic mass is 31.2. The van der Waals surface area contributed by atoms with E-state index < -0.39 is 22.5 Å². The van der Waals surface area contributed by atoms with E-state index in [-0.39, 0.29) is 59.8 Å². The number of rotatable bonds is 50. The van der Waals surface area contributed by atoms with Crippen molar-refractivity contribution in [1.82, 2.24) is 68.5 Å². The Bertz CT molecular complexity index is 2920. The first-order valence-electron chi connectivity index (χ1n) is 54.4. The second kappa shape index (κ2) is 78.3. The van der Waals surface area contributed by atoms with Crippen molar-refractivity contribution in [3.63, 3.8) is 0 Å². The molecule has 0 aliphatic carbocycles. The van der Waals surface area contributed by atoms with Gasteiger partial charge in [-0.2, -0.15) is 0 Å². The first kappa shape index (κ1) is 153. The number of aliphatic imine (C=N–C) groups is 1. The lowest BCUT2D eigenvalue weighted by molar-refractivity contribution is -0.176. The summed E-state index contributed by atoms with van der Waals surface area (Å²) in [5, 5.41) is 15.6. The number of hydrogen-bond acceptors (Lipinski definition) is 15. The molecule has 0 rings (SSSR count). The Morgan fingerprint density at radius 2 is 0.547 bits per heavy atom. The van der Waals surface area contributed by atoms with E-state index in [0.29, 0.717) is 151 Å². The lowest BCUT2D eigenvalue weighted by Crippen LogP contribution is -2.57. The standard InChI is InChI=1S/C19H43N3.C14H28N2O2.C14H32N2.C13H28N2.C12H28N2.C11H26NOP.C11H23NO.C8H21N2O2P.C8H20NO2P/c1-15(2)20(11-13-21(16(3)4)17(5)6)12-14-22(18(7)8)19(9)10;1-9(2)13(17)15(11(5)6)16(12(7)8)14(18)10(3)4;1-11(2)15(12(3)4)9-10-16(13(5)6)14(7)8;1-9(2)13(14-10(3)4)15(11(5)6)12(7)8;1-9(2)13(10(3)4)14(11(5)6)12(7)8;1-9(2)7-14(13,8-10(3)4)12-11(5)6;1-8(2)7-13-12-11(9(3)4)10(5)6;1-7(2)9(5)13(11,12)10(6)8(3)4;1-7(2)6-12(10,11)9(5)8(3)4/h15-19H,11-14H2,1-10H3;9-12H,1-8H3;11-14H,9-10H2,1-8H3;9-12H,1-8H3;9-12H,1-8H3;9-11H,7-8H2,1-6H3,(H,12,13);8-10H,7H2,1-6H3;7-8H,1-6H3,(H,11,12);7-8H,6H2,1-5H3,(H,10,11). The van der Waals surface area contributed by atoms with Crippen molar-refractivity contribution in [2.45, 2.75) is 562 Å². The topological polar surface area (TPSA) is 214 Å². The third kappa shape index (κ3) is 71.3. The Morgan fingerprint density at radius 1 is 0.292 bits per heavy atom. The van der Waals surface area contributed by atoms with Gasteiger partial charge in [0.1, 0.15) is 19.7 Å². The van der Waals surface area contributed by atoms with E-state index in [1.165, 1.54) is 28.3 Å². The molecular formula is C110H249N16O8P3. The van der Waals surface area contributed by atoms with Gasteiger partial charge in [0.2, 0.25) is 11.8 Å². The lowest BCUT2D eigenvalue weighted by Gasteiger charge is -2.45. The summed E-state index contributed by atoms with van der Waals surface area (Å²) in [6.07, 6.45) is 2.02. The molecule has 0 saturated heterocycles. The van der Waals surface area contributed by atoms with Crippen LogP contribution in [0, 0.1) is 53.3 Å². The van der Waals surface area contributed by atoms with Crippen LogP contribution in [0.2, 0.25) is 0 Å². The number of nitrogens with one attached hydrogen (secondary N) is 1. The quantitative estimate of drug-likeness (QED) is 0.0223. The number of carbonyl (C=O) groups is 2. The van der Waals surface area contributed by atoms with Crippen LogP contribution in [0.3, 0.4) is 0 Å². The highest BCUT2D eigenvalue weighted by molar-refractivity contribution is 7.62. The maximum atomic E-state index is 12.5. The molecule has 0 fully saturated rings. The van der Waals surface area contributed by atoms with Gasteiger partial charge in [-0.15, -0.1) is 0 Å². The molecule has 1 unspecified atom stereocenters. The highest BCUT2D eigenvalue weighted by Crippen LogP contribution is 2.50. The van der Waals surface area contributed by atoms with Crippen LogP contribution in [0.1, 0.15) is 429 Å². The van der Waals surface area contributed by atoms with E-state index in [0.717, 1.165) is 44.2 Å². The molecule has 0 aliphatic rings. The van der Waals surface area contributed by atoms with E-state index >= 15 is 0 Å². The molecule has 2 amide bonds. The van der Waals surface area contributed by atoms with E-state index in [1.54, 1.807) is 35.8 Å². The Labute approximate surface area is 858 Å². The molecule has 0 aromatic carbocycles. The van der Waals surface area contributed by atoms with Gasteiger partial charge in [0.25, 0.3) is 7.52 Å². The predicted molar refractivity (Wildman–Crippen MR) is 613 cm³/mol. The Hall–Kier alpha value is -1.95. The number of amidine groups is 1. The van der Waals surface area contributed by atoms with Crippen LogP contribution >= 0.6 is 22.5 Å². The van der Waals surface area contributed by atoms with Crippen molar-refractivity contribution in [2.75, 3.05) is 85.5 Å². The molecule has 0 aromatic rings. The number of nitrogens with zero attached hydrogens (tertiary/aromatic N) is 15. The van der Waals surface area contributed by atoms with Crippen LogP contribution in [-0.4, -0.2) is 315 Å². The van der Waals surface area contributed by atoms with Crippen LogP contribution in [0.5, 0.6) is 0 Å². The van der Waals surface area contributed by atoms with Crippen molar-refractivity contribution >= 4 is 45.8 Å².